The van der Waals surface area contributed by atoms with Gasteiger partial charge in [-0.2, -0.15) is 0 Å². The molecule has 15 aromatic carbocycles. The number of benzene rings is 15. The van der Waals surface area contributed by atoms with E-state index in [-0.39, 0.29) is 0 Å². The van der Waals surface area contributed by atoms with Crippen LogP contribution in [0.25, 0.3) is 121 Å². The van der Waals surface area contributed by atoms with E-state index < -0.39 is 0 Å². The fourth-order valence-corrected chi connectivity index (χ4v) is 13.3. The quantitative estimate of drug-likeness (QED) is 0.154. The van der Waals surface area contributed by atoms with Gasteiger partial charge in [0.2, 0.25) is 0 Å². The van der Waals surface area contributed by atoms with Crippen LogP contribution in [-0.2, 0) is 0 Å². The lowest BCUT2D eigenvalue weighted by atomic mass is 9.97. The Morgan fingerprint density at radius 2 is 0.584 bits per heavy atom. The van der Waals surface area contributed by atoms with Gasteiger partial charge in [0.1, 0.15) is 0 Å². The van der Waals surface area contributed by atoms with Gasteiger partial charge in [0.05, 0.1) is 27.8 Å². The lowest BCUT2D eigenvalue weighted by Crippen LogP contribution is -2.10. The topological polar surface area (TPSA) is 39.1 Å². The molecule has 0 bridgehead atoms. The zero-order chi connectivity index (χ0) is 59.6. The fourth-order valence-electron chi connectivity index (χ4n) is 13.0. The van der Waals surface area contributed by atoms with Gasteiger partial charge in [0.25, 0.3) is 0 Å². The molecule has 4 nitrogen and oxygen atoms in total. The summed E-state index contributed by atoms with van der Waals surface area (Å²) in [7, 11) is 0. The number of fused-ring (bicyclic) bond motifs is 9. The number of rotatable bonds is 8. The number of aromatic nitrogens is 2. The highest BCUT2D eigenvalue weighted by atomic mass is 79.9. The van der Waals surface area contributed by atoms with Gasteiger partial charge in [0.15, 0.2) is 0 Å². The summed E-state index contributed by atoms with van der Waals surface area (Å²) in [5.74, 6) is 0. The predicted octanol–water partition coefficient (Wildman–Crippen LogP) is 23.5. The Balaban J connectivity index is 0.000000145. The average Bonchev–Trinajstić information content (AvgIpc) is 1.68. The molecule has 2 aromatic heterocycles. The van der Waals surface area contributed by atoms with E-state index in [0.29, 0.717) is 0 Å². The van der Waals surface area contributed by atoms with Crippen LogP contribution in [0.5, 0.6) is 0 Å². The highest BCUT2D eigenvalue weighted by Crippen LogP contribution is 2.45. The van der Waals surface area contributed by atoms with Crippen molar-refractivity contribution in [1.82, 2.24) is 9.13 Å². The van der Waals surface area contributed by atoms with Gasteiger partial charge < -0.3 is 19.8 Å². The number of hydrogen-bond acceptors (Lipinski definition) is 2. The molecule has 2 heterocycles. The highest BCUT2D eigenvalue weighted by molar-refractivity contribution is 9.10. The number of para-hydroxylation sites is 4. The molecule has 0 spiro atoms. The standard InChI is InChI=1S/C50H34N2.C18H14N2.C16H11Br/c1-2-17-39(18-3-1)52-47-24-9-8-21-46(47)50-48(25-12-26-49(50)52)51(40-31-27-37(28-32-40)44-22-10-15-35-13-4-6-19-42(35)44)41-33-29-38(30-34-41)45-23-11-16-36-14-5-7-20-43(36)45;19-15-10-6-12-17-18(15)14-9-4-5-11-16(14)20(17)13-7-2-1-3-8-13;17-14-10-8-13(9-11-14)16-7-3-5-12-4-1-2-6-15(12)16/h1-34H;1-12H,19H2;1-11H. The van der Waals surface area contributed by atoms with E-state index >= 15 is 0 Å². The van der Waals surface area contributed by atoms with E-state index in [1.165, 1.54) is 98.4 Å². The van der Waals surface area contributed by atoms with Crippen LogP contribution in [0, 0.1) is 0 Å². The molecule has 0 aliphatic rings. The minimum absolute atomic E-state index is 0.827. The number of nitrogens with two attached hydrogens (primary N) is 1. The third-order valence-corrected chi connectivity index (χ3v) is 17.6. The maximum absolute atomic E-state index is 6.20. The van der Waals surface area contributed by atoms with Crippen molar-refractivity contribution in [3.63, 3.8) is 0 Å². The lowest BCUT2D eigenvalue weighted by molar-refractivity contribution is 1.18. The van der Waals surface area contributed by atoms with Crippen molar-refractivity contribution in [3.8, 4) is 44.8 Å². The highest BCUT2D eigenvalue weighted by Gasteiger charge is 2.22. The van der Waals surface area contributed by atoms with Crippen LogP contribution < -0.4 is 10.6 Å². The van der Waals surface area contributed by atoms with Crippen LogP contribution in [0.15, 0.2) is 350 Å². The van der Waals surface area contributed by atoms with Crippen LogP contribution in [-0.4, -0.2) is 9.13 Å². The van der Waals surface area contributed by atoms with E-state index in [1.54, 1.807) is 0 Å². The second-order valence-electron chi connectivity index (χ2n) is 22.3. The molecule has 0 amide bonds. The van der Waals surface area contributed by atoms with Crippen molar-refractivity contribution in [3.05, 3.63) is 350 Å². The Morgan fingerprint density at radius 1 is 0.258 bits per heavy atom. The summed E-state index contributed by atoms with van der Waals surface area (Å²) in [6, 6.07) is 123. The molecule has 422 valence electrons. The summed E-state index contributed by atoms with van der Waals surface area (Å²) in [6.07, 6.45) is 0. The van der Waals surface area contributed by atoms with Gasteiger partial charge >= 0.3 is 0 Å². The zero-order valence-electron chi connectivity index (χ0n) is 48.7. The Bertz CT molecular complexity index is 5240. The first-order valence-electron chi connectivity index (χ1n) is 30.1. The van der Waals surface area contributed by atoms with Crippen molar-refractivity contribution < 1.29 is 0 Å². The van der Waals surface area contributed by atoms with Crippen molar-refractivity contribution in [1.29, 1.82) is 0 Å². The van der Waals surface area contributed by atoms with Crippen molar-refractivity contribution >= 4 is 115 Å². The first-order chi connectivity index (χ1) is 44.0. The van der Waals surface area contributed by atoms with Crippen molar-refractivity contribution in [2.45, 2.75) is 0 Å². The maximum Gasteiger partial charge on any atom is 0.0562 e. The Kier molecular flexibility index (Phi) is 14.6. The zero-order valence-corrected chi connectivity index (χ0v) is 50.3. The molecule has 89 heavy (non-hydrogen) atoms. The SMILES string of the molecule is Brc1ccc(-c2cccc3ccccc23)cc1.Nc1cccc2c1c1ccccc1n2-c1ccccc1.c1ccc(-n2c3ccccc3c3c(N(c4ccc(-c5cccc6ccccc56)cc4)c4ccc(-c5cccc6ccccc56)cc4)cccc32)cc1. The summed E-state index contributed by atoms with van der Waals surface area (Å²) in [5.41, 5.74) is 24.8. The molecule has 0 radical (unpaired) electrons. The summed E-state index contributed by atoms with van der Waals surface area (Å²) < 4.78 is 5.77. The molecule has 0 saturated carbocycles. The fraction of sp³-hybridized carbons (Fsp3) is 0. The van der Waals surface area contributed by atoms with Crippen LogP contribution in [0.2, 0.25) is 0 Å². The van der Waals surface area contributed by atoms with Gasteiger partial charge in [-0.25, -0.2) is 0 Å². The Labute approximate surface area is 526 Å². The molecular formula is C84H59BrN4. The summed E-state index contributed by atoms with van der Waals surface area (Å²) in [4.78, 5) is 2.42. The molecule has 0 aliphatic heterocycles. The Hall–Kier alpha value is -11.2. The Morgan fingerprint density at radius 3 is 1.03 bits per heavy atom. The van der Waals surface area contributed by atoms with Gasteiger partial charge in [-0.1, -0.05) is 265 Å². The van der Waals surface area contributed by atoms with Gasteiger partial charge in [-0.15, -0.1) is 0 Å². The minimum atomic E-state index is 0.827. The van der Waals surface area contributed by atoms with Gasteiger partial charge in [-0.05, 0) is 163 Å². The molecule has 0 aliphatic carbocycles. The average molecular weight is 1200 g/mol. The van der Waals surface area contributed by atoms with Crippen molar-refractivity contribution in [2.75, 3.05) is 10.6 Å². The molecule has 17 aromatic rings. The number of nitrogen functional groups attached to an aromatic ring is 1. The molecule has 0 atom stereocenters. The molecule has 0 unspecified atom stereocenters. The van der Waals surface area contributed by atoms with E-state index in [0.717, 1.165) is 49.5 Å². The molecule has 5 heteroatoms. The summed E-state index contributed by atoms with van der Waals surface area (Å²) in [5, 5.41) is 12.4. The number of nitrogens with zero attached hydrogens (tertiary/aromatic N) is 3. The smallest absolute Gasteiger partial charge is 0.0562 e. The third-order valence-electron chi connectivity index (χ3n) is 17.1. The first kappa shape index (κ1) is 54.4. The lowest BCUT2D eigenvalue weighted by Gasteiger charge is -2.27. The third kappa shape index (κ3) is 10.3. The van der Waals surface area contributed by atoms with E-state index in [9.17, 15) is 0 Å². The largest absolute Gasteiger partial charge is 0.398 e. The molecule has 0 fully saturated rings. The minimum Gasteiger partial charge on any atom is -0.398 e. The van der Waals surface area contributed by atoms with Crippen LogP contribution in [0.4, 0.5) is 22.7 Å². The van der Waals surface area contributed by atoms with Crippen LogP contribution in [0.3, 0.4) is 0 Å². The summed E-state index contributed by atoms with van der Waals surface area (Å²) in [6.45, 7) is 0. The van der Waals surface area contributed by atoms with E-state index in [4.69, 9.17) is 5.73 Å². The molecule has 2 N–H and O–H groups in total. The maximum atomic E-state index is 6.20. The van der Waals surface area contributed by atoms with Crippen LogP contribution >= 0.6 is 15.9 Å². The molecular weight excluding hydrogens is 1140 g/mol. The first-order valence-corrected chi connectivity index (χ1v) is 30.9. The normalized spacial score (nSPS) is 11.2. The number of anilines is 4. The summed E-state index contributed by atoms with van der Waals surface area (Å²) >= 11 is 3.47. The second kappa shape index (κ2) is 23.9. The number of hydrogen-bond donors (Lipinski definition) is 1. The predicted molar refractivity (Wildman–Crippen MR) is 384 cm³/mol. The van der Waals surface area contributed by atoms with Crippen LogP contribution in [0.1, 0.15) is 0 Å². The van der Waals surface area contributed by atoms with Gasteiger partial charge in [-0.3, -0.25) is 0 Å². The van der Waals surface area contributed by atoms with E-state index in [2.05, 4.69) is 358 Å². The van der Waals surface area contributed by atoms with Crippen molar-refractivity contribution in [2.24, 2.45) is 0 Å². The van der Waals surface area contributed by atoms with Gasteiger partial charge in [0, 0.05) is 54.5 Å². The molecule has 17 rings (SSSR count). The number of halogens is 1. The second-order valence-corrected chi connectivity index (χ2v) is 23.2. The van der Waals surface area contributed by atoms with E-state index in [1.807, 2.05) is 18.2 Å². The molecule has 0 saturated heterocycles. The monoisotopic (exact) mass is 1200 g/mol.